The van der Waals surface area contributed by atoms with Crippen LogP contribution in [0.4, 0.5) is 0 Å². The molecule has 94 valence electrons. The van der Waals surface area contributed by atoms with Crippen molar-refractivity contribution in [2.24, 2.45) is 0 Å². The number of fused-ring (bicyclic) bond motifs is 4. The zero-order chi connectivity index (χ0) is 12.8. The van der Waals surface area contributed by atoms with Gasteiger partial charge in [0.1, 0.15) is 0 Å². The number of hydrogen-bond donors (Lipinski definition) is 1. The van der Waals surface area contributed by atoms with Gasteiger partial charge in [-0.15, -0.1) is 0 Å². The van der Waals surface area contributed by atoms with E-state index in [1.54, 1.807) is 0 Å². The van der Waals surface area contributed by atoms with Gasteiger partial charge in [0.15, 0.2) is 0 Å². The third kappa shape index (κ3) is 1.71. The minimum absolute atomic E-state index is 0.222. The number of rotatable bonds is 0. The summed E-state index contributed by atoms with van der Waals surface area (Å²) < 4.78 is 6.13. The molecule has 1 aliphatic carbocycles. The predicted octanol–water partition coefficient (Wildman–Crippen LogP) is 3.72. The molecule has 0 saturated heterocycles. The van der Waals surface area contributed by atoms with Crippen LogP contribution in [0.5, 0.6) is 0 Å². The van der Waals surface area contributed by atoms with Crippen LogP contribution in [0.1, 0.15) is 17.7 Å². The minimum atomic E-state index is -0.222. The molecule has 1 unspecified atom stereocenters. The van der Waals surface area contributed by atoms with E-state index in [1.165, 1.54) is 5.39 Å². The number of aliphatic hydroxyl groups excluding tert-OH is 1. The normalized spacial score (nSPS) is 18.7. The van der Waals surface area contributed by atoms with Gasteiger partial charge in [0.2, 0.25) is 0 Å². The molecule has 1 heterocycles. The molecule has 19 heavy (non-hydrogen) atoms. The van der Waals surface area contributed by atoms with Crippen LogP contribution in [0.2, 0.25) is 0 Å². The van der Waals surface area contributed by atoms with E-state index in [9.17, 15) is 5.11 Å². The zero-order valence-electron chi connectivity index (χ0n) is 10.6. The van der Waals surface area contributed by atoms with Crippen molar-refractivity contribution in [3.63, 3.8) is 0 Å². The van der Waals surface area contributed by atoms with Crippen LogP contribution in [-0.4, -0.2) is 11.2 Å². The first-order valence-corrected chi connectivity index (χ1v) is 6.76. The van der Waals surface area contributed by atoms with Gasteiger partial charge in [-0.25, -0.2) is 4.42 Å². The minimum Gasteiger partial charge on any atom is -0.393 e. The van der Waals surface area contributed by atoms with E-state index in [1.807, 2.05) is 12.1 Å². The van der Waals surface area contributed by atoms with Gasteiger partial charge in [-0.05, 0) is 30.0 Å². The summed E-state index contributed by atoms with van der Waals surface area (Å²) in [6.45, 7) is 0. The number of hydrogen-bond acceptors (Lipinski definition) is 1. The summed E-state index contributed by atoms with van der Waals surface area (Å²) in [6.07, 6.45) is 2.12. The van der Waals surface area contributed by atoms with Crippen LogP contribution < -0.4 is 0 Å². The summed E-state index contributed by atoms with van der Waals surface area (Å²) in [5.41, 5.74) is 2.12. The largest absolute Gasteiger partial charge is 0.393 e. The molecular weight excluding hydrogens is 236 g/mol. The highest BCUT2D eigenvalue weighted by molar-refractivity contribution is 6.04. The molecule has 1 N–H and O–H groups in total. The maximum atomic E-state index is 9.76. The van der Waals surface area contributed by atoms with Crippen molar-refractivity contribution in [2.45, 2.75) is 25.4 Å². The smallest absolute Gasteiger partial charge is 0.367 e. The fraction of sp³-hybridized carbons (Fsp3) is 0.235. The molecule has 2 nitrogen and oxygen atoms in total. The third-order valence-electron chi connectivity index (χ3n) is 3.98. The quantitative estimate of drug-likeness (QED) is 0.488. The van der Waals surface area contributed by atoms with E-state index < -0.39 is 0 Å². The van der Waals surface area contributed by atoms with Crippen molar-refractivity contribution in [3.05, 3.63) is 53.8 Å². The van der Waals surface area contributed by atoms with Crippen LogP contribution in [0.3, 0.4) is 0 Å². The first-order valence-electron chi connectivity index (χ1n) is 6.76. The first-order chi connectivity index (χ1) is 9.31. The average Bonchev–Trinajstić information content (AvgIpc) is 2.45. The fourth-order valence-corrected chi connectivity index (χ4v) is 2.98. The van der Waals surface area contributed by atoms with Gasteiger partial charge in [-0.2, -0.15) is 0 Å². The van der Waals surface area contributed by atoms with E-state index in [2.05, 4.69) is 30.3 Å². The van der Waals surface area contributed by atoms with Crippen molar-refractivity contribution >= 4 is 21.7 Å². The van der Waals surface area contributed by atoms with E-state index in [0.717, 1.165) is 40.5 Å². The summed E-state index contributed by atoms with van der Waals surface area (Å²) >= 11 is 0. The molecule has 1 aromatic heterocycles. The zero-order valence-corrected chi connectivity index (χ0v) is 10.6. The Morgan fingerprint density at radius 2 is 1.89 bits per heavy atom. The van der Waals surface area contributed by atoms with Gasteiger partial charge in [0, 0.05) is 6.42 Å². The summed E-state index contributed by atoms with van der Waals surface area (Å²) in [6, 6.07) is 14.7. The number of aryl methyl sites for hydroxylation is 1. The Labute approximate surface area is 111 Å². The Kier molecular flexibility index (Phi) is 2.32. The molecule has 0 bridgehead atoms. The average molecular weight is 251 g/mol. The lowest BCUT2D eigenvalue weighted by molar-refractivity contribution is 0.153. The van der Waals surface area contributed by atoms with Gasteiger partial charge >= 0.3 is 11.3 Å². The molecule has 0 spiro atoms. The molecule has 0 aliphatic heterocycles. The first kappa shape index (κ1) is 10.9. The molecule has 0 radical (unpaired) electrons. The second-order valence-electron chi connectivity index (χ2n) is 5.30. The van der Waals surface area contributed by atoms with Gasteiger partial charge in [0.25, 0.3) is 0 Å². The van der Waals surface area contributed by atoms with Crippen LogP contribution in [0.25, 0.3) is 21.7 Å². The van der Waals surface area contributed by atoms with Crippen molar-refractivity contribution in [3.8, 4) is 0 Å². The number of aliphatic hydroxyl groups is 1. The lowest BCUT2D eigenvalue weighted by Crippen LogP contribution is -2.18. The third-order valence-corrected chi connectivity index (χ3v) is 3.98. The molecule has 0 amide bonds. The summed E-state index contributed by atoms with van der Waals surface area (Å²) in [5, 5.41) is 13.2. The molecule has 2 heteroatoms. The number of benzene rings is 2. The lowest BCUT2D eigenvalue weighted by atomic mass is 9.93. The van der Waals surface area contributed by atoms with Crippen molar-refractivity contribution < 1.29 is 9.52 Å². The maximum absolute atomic E-state index is 9.76. The fourth-order valence-electron chi connectivity index (χ4n) is 2.98. The maximum Gasteiger partial charge on any atom is 0.367 e. The molecular formula is C17H15O2+. The predicted molar refractivity (Wildman–Crippen MR) is 76.2 cm³/mol. The monoisotopic (exact) mass is 251 g/mol. The molecule has 4 rings (SSSR count). The molecule has 1 atom stereocenters. The SMILES string of the molecule is OC1CCc2[o+]c3c(ccc4ccccc43)cc2C1. The van der Waals surface area contributed by atoms with Crippen molar-refractivity contribution in [1.82, 2.24) is 0 Å². The Balaban J connectivity index is 2.05. The Morgan fingerprint density at radius 1 is 1.05 bits per heavy atom. The highest BCUT2D eigenvalue weighted by Gasteiger charge is 2.27. The molecule has 2 aromatic carbocycles. The Morgan fingerprint density at radius 3 is 2.84 bits per heavy atom. The van der Waals surface area contributed by atoms with Gasteiger partial charge in [-0.3, -0.25) is 0 Å². The van der Waals surface area contributed by atoms with Crippen LogP contribution in [0, 0.1) is 0 Å². The standard InChI is InChI=1S/C17H15O2/c18-14-7-8-16-13(10-14)9-12-6-5-11-3-1-2-4-15(11)17(12)19-16/h1-6,9,14,18H,7-8,10H2/q+1. The second-order valence-corrected chi connectivity index (χ2v) is 5.30. The highest BCUT2D eigenvalue weighted by atomic mass is 16.3. The Bertz CT molecular complexity index is 777. The topological polar surface area (TPSA) is 31.5 Å². The van der Waals surface area contributed by atoms with Gasteiger partial charge in [0.05, 0.1) is 28.9 Å². The van der Waals surface area contributed by atoms with Gasteiger partial charge < -0.3 is 5.11 Å². The summed E-state index contributed by atoms with van der Waals surface area (Å²) in [4.78, 5) is 0. The molecule has 3 aromatic rings. The highest BCUT2D eigenvalue weighted by Crippen LogP contribution is 2.31. The van der Waals surface area contributed by atoms with Crippen LogP contribution in [-0.2, 0) is 12.8 Å². The second kappa shape index (κ2) is 4.04. The van der Waals surface area contributed by atoms with E-state index in [-0.39, 0.29) is 6.10 Å². The van der Waals surface area contributed by atoms with E-state index in [0.29, 0.717) is 6.42 Å². The molecule has 0 saturated carbocycles. The van der Waals surface area contributed by atoms with Crippen molar-refractivity contribution in [1.29, 1.82) is 0 Å². The lowest BCUT2D eigenvalue weighted by Gasteiger charge is -2.14. The van der Waals surface area contributed by atoms with Crippen LogP contribution in [0.15, 0.2) is 46.9 Å². The van der Waals surface area contributed by atoms with Crippen molar-refractivity contribution in [2.75, 3.05) is 0 Å². The Hall–Kier alpha value is -1.93. The van der Waals surface area contributed by atoms with E-state index >= 15 is 0 Å². The van der Waals surface area contributed by atoms with Gasteiger partial charge in [-0.1, -0.05) is 24.3 Å². The van der Waals surface area contributed by atoms with Crippen LogP contribution >= 0.6 is 0 Å². The van der Waals surface area contributed by atoms with E-state index in [4.69, 9.17) is 4.42 Å². The molecule has 0 fully saturated rings. The summed E-state index contributed by atoms with van der Waals surface area (Å²) in [7, 11) is 0. The summed E-state index contributed by atoms with van der Waals surface area (Å²) in [5.74, 6) is 1.04. The molecule has 1 aliphatic rings.